The van der Waals surface area contributed by atoms with Gasteiger partial charge in [0.25, 0.3) is 0 Å². The maximum atomic E-state index is 11.9. The van der Waals surface area contributed by atoms with Gasteiger partial charge in [-0.25, -0.2) is 4.79 Å². The lowest BCUT2D eigenvalue weighted by atomic mass is 9.99. The minimum Gasteiger partial charge on any atom is -0.481 e. The Labute approximate surface area is 115 Å². The Bertz CT molecular complexity index is 304. The van der Waals surface area contributed by atoms with Gasteiger partial charge in [-0.1, -0.05) is 0 Å². The number of carboxylic acid groups (broad SMARTS) is 1. The summed E-state index contributed by atoms with van der Waals surface area (Å²) < 4.78 is 0. The molecule has 0 aromatic heterocycles. The second-order valence-corrected chi connectivity index (χ2v) is 5.79. The van der Waals surface area contributed by atoms with Crippen LogP contribution in [0.1, 0.15) is 33.1 Å². The van der Waals surface area contributed by atoms with Crippen molar-refractivity contribution in [3.8, 4) is 0 Å². The van der Waals surface area contributed by atoms with Crippen LogP contribution in [0, 0.1) is 0 Å². The second kappa shape index (κ2) is 7.99. The fourth-order valence-electron chi connectivity index (χ4n) is 1.59. The lowest BCUT2D eigenvalue weighted by molar-refractivity contribution is -0.137. The van der Waals surface area contributed by atoms with Crippen LogP contribution in [0.2, 0.25) is 0 Å². The molecule has 0 heterocycles. The highest BCUT2D eigenvalue weighted by Gasteiger charge is 2.23. The van der Waals surface area contributed by atoms with Crippen molar-refractivity contribution < 1.29 is 14.7 Å². The van der Waals surface area contributed by atoms with Crippen LogP contribution in [0.3, 0.4) is 0 Å². The van der Waals surface area contributed by atoms with Crippen LogP contribution in [-0.4, -0.2) is 66.7 Å². The van der Waals surface area contributed by atoms with Crippen molar-refractivity contribution >= 4 is 12.0 Å². The minimum absolute atomic E-state index is 0.0532. The summed E-state index contributed by atoms with van der Waals surface area (Å²) in [5.74, 6) is -0.846. The van der Waals surface area contributed by atoms with Gasteiger partial charge in [-0.3, -0.25) is 4.79 Å². The molecule has 0 aromatic rings. The van der Waals surface area contributed by atoms with Crippen LogP contribution in [0.4, 0.5) is 4.79 Å². The van der Waals surface area contributed by atoms with Gasteiger partial charge in [0.1, 0.15) is 0 Å². The van der Waals surface area contributed by atoms with Gasteiger partial charge in [0, 0.05) is 25.6 Å². The van der Waals surface area contributed by atoms with Crippen molar-refractivity contribution in [2.24, 2.45) is 0 Å². The van der Waals surface area contributed by atoms with E-state index in [9.17, 15) is 9.59 Å². The van der Waals surface area contributed by atoms with E-state index in [0.717, 1.165) is 13.0 Å². The van der Waals surface area contributed by atoms with Gasteiger partial charge in [0.15, 0.2) is 0 Å². The van der Waals surface area contributed by atoms with Gasteiger partial charge in [-0.15, -0.1) is 0 Å². The first-order chi connectivity index (χ1) is 8.64. The molecule has 0 rings (SSSR count). The zero-order valence-electron chi connectivity index (χ0n) is 12.7. The van der Waals surface area contributed by atoms with Gasteiger partial charge in [0.05, 0.1) is 0 Å². The van der Waals surface area contributed by atoms with Crippen molar-refractivity contribution in [2.75, 3.05) is 34.2 Å². The van der Waals surface area contributed by atoms with Crippen LogP contribution in [0.15, 0.2) is 0 Å². The predicted molar refractivity (Wildman–Crippen MR) is 75.3 cm³/mol. The third-order valence-electron chi connectivity index (χ3n) is 2.85. The van der Waals surface area contributed by atoms with E-state index < -0.39 is 11.5 Å². The summed E-state index contributed by atoms with van der Waals surface area (Å²) in [4.78, 5) is 26.2. The van der Waals surface area contributed by atoms with Crippen LogP contribution >= 0.6 is 0 Å². The van der Waals surface area contributed by atoms with Crippen LogP contribution in [0.5, 0.6) is 0 Å². The molecule has 2 amide bonds. The molecule has 19 heavy (non-hydrogen) atoms. The zero-order chi connectivity index (χ0) is 15.1. The molecule has 0 aliphatic heterocycles. The first-order valence-electron chi connectivity index (χ1n) is 6.54. The number of nitrogens with zero attached hydrogens (tertiary/aromatic N) is 2. The molecule has 2 N–H and O–H groups in total. The Hall–Kier alpha value is -1.30. The van der Waals surface area contributed by atoms with E-state index in [1.807, 2.05) is 27.9 Å². The number of carbonyl (C=O) groups excluding carboxylic acids is 1. The number of carbonyl (C=O) groups is 2. The van der Waals surface area contributed by atoms with Crippen LogP contribution in [-0.2, 0) is 4.79 Å². The van der Waals surface area contributed by atoms with E-state index in [1.54, 1.807) is 11.9 Å². The number of hydrogen-bond donors (Lipinski definition) is 2. The third-order valence-corrected chi connectivity index (χ3v) is 2.85. The van der Waals surface area contributed by atoms with Crippen molar-refractivity contribution in [1.29, 1.82) is 0 Å². The standard InChI is InChI=1S/C13H27N3O3/c1-13(2,8-7-11(17)18)14-12(19)16(5)10-6-9-15(3)4/h6-10H2,1-5H3,(H,14,19)(H,17,18). The Morgan fingerprint density at radius 1 is 1.16 bits per heavy atom. The summed E-state index contributed by atoms with van der Waals surface area (Å²) in [6.07, 6.45) is 1.38. The average molecular weight is 273 g/mol. The molecule has 0 bridgehead atoms. The van der Waals surface area contributed by atoms with Gasteiger partial charge >= 0.3 is 12.0 Å². The summed E-state index contributed by atoms with van der Waals surface area (Å²) in [5.41, 5.74) is -0.509. The number of amides is 2. The fraction of sp³-hybridized carbons (Fsp3) is 0.846. The second-order valence-electron chi connectivity index (χ2n) is 5.79. The molecule has 0 fully saturated rings. The average Bonchev–Trinajstić information content (AvgIpc) is 2.25. The molecule has 0 aliphatic rings. The molecule has 0 radical (unpaired) electrons. The SMILES string of the molecule is CN(C)CCCN(C)C(=O)NC(C)(C)CCC(=O)O. The maximum Gasteiger partial charge on any atom is 0.317 e. The highest BCUT2D eigenvalue weighted by molar-refractivity contribution is 5.74. The molecule has 0 saturated carbocycles. The van der Waals surface area contributed by atoms with Crippen LogP contribution in [0.25, 0.3) is 0 Å². The minimum atomic E-state index is -0.846. The van der Waals surface area contributed by atoms with Crippen molar-refractivity contribution in [1.82, 2.24) is 15.1 Å². The number of carboxylic acids is 1. The summed E-state index contributed by atoms with van der Waals surface area (Å²) in [5, 5.41) is 11.5. The van der Waals surface area contributed by atoms with Gasteiger partial charge in [0.2, 0.25) is 0 Å². The highest BCUT2D eigenvalue weighted by atomic mass is 16.4. The highest BCUT2D eigenvalue weighted by Crippen LogP contribution is 2.11. The summed E-state index contributed by atoms with van der Waals surface area (Å²) in [6, 6.07) is -0.158. The zero-order valence-corrected chi connectivity index (χ0v) is 12.7. The Balaban J connectivity index is 4.08. The smallest absolute Gasteiger partial charge is 0.317 e. The van der Waals surface area contributed by atoms with E-state index in [-0.39, 0.29) is 12.5 Å². The third kappa shape index (κ3) is 9.30. The quantitative estimate of drug-likeness (QED) is 0.697. The molecule has 112 valence electrons. The predicted octanol–water partition coefficient (Wildman–Crippen LogP) is 1.22. The molecular weight excluding hydrogens is 246 g/mol. The number of aliphatic carboxylic acids is 1. The van der Waals surface area contributed by atoms with E-state index in [2.05, 4.69) is 10.2 Å². The number of nitrogens with one attached hydrogen (secondary N) is 1. The van der Waals surface area contributed by atoms with E-state index in [4.69, 9.17) is 5.11 Å². The first kappa shape index (κ1) is 17.7. The number of rotatable bonds is 8. The molecule has 0 aromatic carbocycles. The normalized spacial score (nSPS) is 11.5. The van der Waals surface area contributed by atoms with Gasteiger partial charge < -0.3 is 20.2 Å². The molecule has 0 spiro atoms. The molecule has 6 heteroatoms. The maximum absolute atomic E-state index is 11.9. The largest absolute Gasteiger partial charge is 0.481 e. The molecular formula is C13H27N3O3. The molecule has 0 unspecified atom stereocenters. The summed E-state index contributed by atoms with van der Waals surface area (Å²) in [6.45, 7) is 5.28. The van der Waals surface area contributed by atoms with Crippen molar-refractivity contribution in [3.05, 3.63) is 0 Å². The summed E-state index contributed by atoms with van der Waals surface area (Å²) in [7, 11) is 5.74. The molecule has 0 aliphatic carbocycles. The van der Waals surface area contributed by atoms with Crippen molar-refractivity contribution in [3.63, 3.8) is 0 Å². The lowest BCUT2D eigenvalue weighted by Gasteiger charge is -2.29. The summed E-state index contributed by atoms with van der Waals surface area (Å²) >= 11 is 0. The number of urea groups is 1. The first-order valence-corrected chi connectivity index (χ1v) is 6.54. The Morgan fingerprint density at radius 3 is 2.21 bits per heavy atom. The topological polar surface area (TPSA) is 72.9 Å². The van der Waals surface area contributed by atoms with Crippen LogP contribution < -0.4 is 5.32 Å². The Kier molecular flexibility index (Phi) is 7.44. The van der Waals surface area contributed by atoms with Gasteiger partial charge in [-0.05, 0) is 47.3 Å². The monoisotopic (exact) mass is 273 g/mol. The Morgan fingerprint density at radius 2 is 1.74 bits per heavy atom. The molecule has 6 nitrogen and oxygen atoms in total. The van der Waals surface area contributed by atoms with Crippen molar-refractivity contribution in [2.45, 2.75) is 38.6 Å². The molecule has 0 saturated heterocycles. The number of hydrogen-bond acceptors (Lipinski definition) is 3. The van der Waals surface area contributed by atoms with E-state index in [1.165, 1.54) is 0 Å². The molecule has 0 atom stereocenters. The lowest BCUT2D eigenvalue weighted by Crippen LogP contribution is -2.49. The van der Waals surface area contributed by atoms with Gasteiger partial charge in [-0.2, -0.15) is 0 Å². The fourth-order valence-corrected chi connectivity index (χ4v) is 1.59. The van der Waals surface area contributed by atoms with E-state index >= 15 is 0 Å². The van der Waals surface area contributed by atoms with E-state index in [0.29, 0.717) is 13.0 Å².